The topological polar surface area (TPSA) is 160 Å². The maximum Gasteiger partial charge on any atom is 0.341 e. The summed E-state index contributed by atoms with van der Waals surface area (Å²) in [6.07, 6.45) is -0.886. The number of nitrogens with one attached hydrogen (secondary N) is 2. The average Bonchev–Trinajstić information content (AvgIpc) is 3.53. The molecule has 0 fully saturated rings. The van der Waals surface area contributed by atoms with E-state index in [4.69, 9.17) is 32.8 Å². The van der Waals surface area contributed by atoms with E-state index in [1.165, 1.54) is 18.2 Å². The molecule has 264 valence electrons. The van der Waals surface area contributed by atoms with Crippen LogP contribution in [0.5, 0.6) is 0 Å². The predicted molar refractivity (Wildman–Crippen MR) is 192 cm³/mol. The molecule has 1 aliphatic rings. The van der Waals surface area contributed by atoms with E-state index in [1.807, 2.05) is 50.2 Å². The number of nitrogens with zero attached hydrogens (tertiary/aromatic N) is 1. The van der Waals surface area contributed by atoms with Crippen molar-refractivity contribution in [2.45, 2.75) is 50.8 Å². The number of oxime groups is 1. The van der Waals surface area contributed by atoms with Gasteiger partial charge in [-0.05, 0) is 40.5 Å². The Morgan fingerprint density at radius 3 is 2.22 bits per heavy atom. The fourth-order valence-corrected chi connectivity index (χ4v) is 6.43. The van der Waals surface area contributed by atoms with Crippen LogP contribution in [-0.2, 0) is 30.4 Å². The molecule has 0 aromatic heterocycles. The third kappa shape index (κ3) is 8.73. The summed E-state index contributed by atoms with van der Waals surface area (Å²) >= 11 is 12.2. The van der Waals surface area contributed by atoms with Crippen molar-refractivity contribution in [3.63, 3.8) is 0 Å². The van der Waals surface area contributed by atoms with Crippen molar-refractivity contribution < 1.29 is 38.7 Å². The van der Waals surface area contributed by atoms with Gasteiger partial charge in [-0.3, -0.25) is 19.2 Å². The Morgan fingerprint density at radius 2 is 1.53 bits per heavy atom. The summed E-state index contributed by atoms with van der Waals surface area (Å²) in [5, 5.41) is 21.2. The van der Waals surface area contributed by atoms with Gasteiger partial charge in [0.25, 0.3) is 11.8 Å². The fraction of sp³-hybridized carbons (Fsp3) is 0.263. The molecule has 4 aromatic rings. The van der Waals surface area contributed by atoms with Crippen LogP contribution in [0, 0.1) is 5.92 Å². The van der Waals surface area contributed by atoms with Crippen LogP contribution in [0.2, 0.25) is 10.0 Å². The number of hydrogen-bond acceptors (Lipinski definition) is 8. The van der Waals surface area contributed by atoms with Gasteiger partial charge < -0.3 is 25.3 Å². The molecule has 1 unspecified atom stereocenters. The standard InChI is InChI=1S/C38H35Cl2N3O8/c1-22(2)34(42-35(47)26-15-8-13-24-12-6-7-14-25(24)26)30-20-38(51-43-30,19-23-10-4-3-5-11-23)37(49)41-29(18-32(45)46)31(44)21-50-36(48)33-27(39)16-9-17-28(33)40/h3-17,22,29,34H,18-21H2,1-2H3,(H,41,49)(H,42,47)(H,45,46)/t29-,34-,38?/m0/s1. The van der Waals surface area contributed by atoms with Gasteiger partial charge in [-0.15, -0.1) is 0 Å². The van der Waals surface area contributed by atoms with Crippen molar-refractivity contribution in [2.75, 3.05) is 6.61 Å². The third-order valence-corrected chi connectivity index (χ3v) is 9.11. The molecule has 1 heterocycles. The number of ketones is 1. The Balaban J connectivity index is 1.36. The zero-order valence-corrected chi connectivity index (χ0v) is 29.2. The second kappa shape index (κ2) is 16.2. The largest absolute Gasteiger partial charge is 0.481 e. The molecular formula is C38H35Cl2N3O8. The van der Waals surface area contributed by atoms with Crippen molar-refractivity contribution in [1.29, 1.82) is 0 Å². The first-order chi connectivity index (χ1) is 24.4. The number of carboxylic acid groups (broad SMARTS) is 1. The Hall–Kier alpha value is -5.26. The van der Waals surface area contributed by atoms with Crippen molar-refractivity contribution in [3.05, 3.63) is 118 Å². The van der Waals surface area contributed by atoms with Crippen LogP contribution >= 0.6 is 23.2 Å². The van der Waals surface area contributed by atoms with Gasteiger partial charge in [-0.2, -0.15) is 0 Å². The number of carboxylic acids is 1. The van der Waals surface area contributed by atoms with E-state index in [9.17, 15) is 29.1 Å². The van der Waals surface area contributed by atoms with Gasteiger partial charge in [0, 0.05) is 18.4 Å². The maximum absolute atomic E-state index is 14.2. The summed E-state index contributed by atoms with van der Waals surface area (Å²) < 4.78 is 5.12. The number of amides is 2. The first-order valence-electron chi connectivity index (χ1n) is 16.1. The molecule has 1 aliphatic heterocycles. The molecule has 0 saturated carbocycles. The molecule has 0 radical (unpaired) electrons. The fourth-order valence-electron chi connectivity index (χ4n) is 5.88. The third-order valence-electron chi connectivity index (χ3n) is 8.48. The second-order valence-corrected chi connectivity index (χ2v) is 13.3. The lowest BCUT2D eigenvalue weighted by Crippen LogP contribution is -2.55. The highest BCUT2D eigenvalue weighted by atomic mass is 35.5. The minimum absolute atomic E-state index is 0.000360. The van der Waals surface area contributed by atoms with E-state index in [0.717, 1.165) is 10.8 Å². The molecular weight excluding hydrogens is 697 g/mol. The molecule has 5 rings (SSSR count). The molecule has 3 atom stereocenters. The highest BCUT2D eigenvalue weighted by molar-refractivity contribution is 6.39. The molecule has 2 amide bonds. The Labute approximate surface area is 303 Å². The number of fused-ring (bicyclic) bond motifs is 1. The number of rotatable bonds is 14. The Kier molecular flexibility index (Phi) is 11.7. The van der Waals surface area contributed by atoms with Crippen molar-refractivity contribution in [1.82, 2.24) is 10.6 Å². The summed E-state index contributed by atoms with van der Waals surface area (Å²) in [7, 11) is 0. The van der Waals surface area contributed by atoms with E-state index < -0.39 is 54.3 Å². The monoisotopic (exact) mass is 731 g/mol. The summed E-state index contributed by atoms with van der Waals surface area (Å²) in [5.41, 5.74) is -0.315. The summed E-state index contributed by atoms with van der Waals surface area (Å²) in [6.45, 7) is 2.92. The van der Waals surface area contributed by atoms with Crippen LogP contribution in [0.15, 0.2) is 96.2 Å². The zero-order valence-electron chi connectivity index (χ0n) is 27.7. The van der Waals surface area contributed by atoms with Crippen molar-refractivity contribution in [2.24, 2.45) is 11.1 Å². The first-order valence-corrected chi connectivity index (χ1v) is 16.9. The minimum atomic E-state index is -1.72. The van der Waals surface area contributed by atoms with E-state index in [2.05, 4.69) is 15.8 Å². The van der Waals surface area contributed by atoms with Crippen LogP contribution in [0.3, 0.4) is 0 Å². The van der Waals surface area contributed by atoms with E-state index in [1.54, 1.807) is 36.4 Å². The van der Waals surface area contributed by atoms with Gasteiger partial charge >= 0.3 is 11.9 Å². The average molecular weight is 733 g/mol. The lowest BCUT2D eigenvalue weighted by Gasteiger charge is -2.29. The Bertz CT molecular complexity index is 1980. The lowest BCUT2D eigenvalue weighted by atomic mass is 9.84. The number of benzene rings is 4. The lowest BCUT2D eigenvalue weighted by molar-refractivity contribution is -0.148. The number of esters is 1. The normalized spacial score (nSPS) is 16.5. The van der Waals surface area contributed by atoms with Crippen molar-refractivity contribution >= 4 is 69.2 Å². The van der Waals surface area contributed by atoms with Crippen molar-refractivity contribution in [3.8, 4) is 0 Å². The van der Waals surface area contributed by atoms with E-state index in [-0.39, 0.29) is 40.3 Å². The summed E-state index contributed by atoms with van der Waals surface area (Å²) in [5.74, 6) is -4.59. The highest BCUT2D eigenvalue weighted by Crippen LogP contribution is 2.32. The number of carbonyl (C=O) groups excluding carboxylic acids is 4. The van der Waals surface area contributed by atoms with E-state index in [0.29, 0.717) is 16.8 Å². The minimum Gasteiger partial charge on any atom is -0.481 e. The number of carbonyl (C=O) groups is 5. The SMILES string of the molecule is CC(C)[C@H](NC(=O)c1cccc2ccccc12)C1=NOC(Cc2ccccc2)(C(=O)N[C@@H](CC(=O)O)C(=O)COC(=O)c2c(Cl)cccc2Cl)C1. The van der Waals surface area contributed by atoms with Crippen LogP contribution in [0.25, 0.3) is 10.8 Å². The smallest absolute Gasteiger partial charge is 0.341 e. The summed E-state index contributed by atoms with van der Waals surface area (Å²) in [4.78, 5) is 71.5. The van der Waals surface area contributed by atoms with Gasteiger partial charge in [0.2, 0.25) is 5.60 Å². The molecule has 11 nitrogen and oxygen atoms in total. The first kappa shape index (κ1) is 37.0. The number of halogens is 2. The molecule has 51 heavy (non-hydrogen) atoms. The van der Waals surface area contributed by atoms with E-state index >= 15 is 0 Å². The van der Waals surface area contributed by atoms with Gasteiger partial charge in [0.1, 0.15) is 6.04 Å². The van der Waals surface area contributed by atoms with Gasteiger partial charge in [0.15, 0.2) is 12.4 Å². The molecule has 0 bridgehead atoms. The molecule has 13 heteroatoms. The number of hydrogen-bond donors (Lipinski definition) is 3. The molecule has 4 aromatic carbocycles. The van der Waals surface area contributed by atoms with Crippen LogP contribution in [0.1, 0.15) is 53.0 Å². The van der Waals surface area contributed by atoms with Crippen LogP contribution in [0.4, 0.5) is 0 Å². The molecule has 0 saturated heterocycles. The number of Topliss-reactive ketones (excluding diaryl/α,β-unsaturated/α-hetero) is 1. The second-order valence-electron chi connectivity index (χ2n) is 12.5. The van der Waals surface area contributed by atoms with Crippen LogP contribution in [-0.4, -0.2) is 64.6 Å². The maximum atomic E-state index is 14.2. The number of ether oxygens (including phenoxy) is 1. The van der Waals surface area contributed by atoms with Gasteiger partial charge in [0.05, 0.1) is 33.8 Å². The highest BCUT2D eigenvalue weighted by Gasteiger charge is 2.49. The Morgan fingerprint density at radius 1 is 0.882 bits per heavy atom. The molecule has 0 aliphatic carbocycles. The predicted octanol–water partition coefficient (Wildman–Crippen LogP) is 6.04. The molecule has 3 N–H and O–H groups in total. The molecule has 0 spiro atoms. The quantitative estimate of drug-likeness (QED) is 0.132. The number of aliphatic carboxylic acids is 1. The zero-order chi connectivity index (χ0) is 36.7. The van der Waals surface area contributed by atoms with Gasteiger partial charge in [-0.25, -0.2) is 4.79 Å². The van der Waals surface area contributed by atoms with Gasteiger partial charge in [-0.1, -0.05) is 115 Å². The summed E-state index contributed by atoms with van der Waals surface area (Å²) in [6, 6.07) is 24.0. The van der Waals surface area contributed by atoms with Crippen LogP contribution < -0.4 is 10.6 Å².